The molecule has 3 saturated carbocycles. The zero-order valence-corrected chi connectivity index (χ0v) is 22.5. The molecule has 0 aromatic carbocycles. The predicted octanol–water partition coefficient (Wildman–Crippen LogP) is 6.40. The van der Waals surface area contributed by atoms with Crippen LogP contribution >= 0.6 is 0 Å². The second kappa shape index (κ2) is 9.85. The van der Waals surface area contributed by atoms with Gasteiger partial charge in [-0.1, -0.05) is 65.5 Å². The molecule has 4 aliphatic carbocycles. The van der Waals surface area contributed by atoms with Gasteiger partial charge in [-0.3, -0.25) is 16.1 Å². The van der Waals surface area contributed by atoms with Crippen molar-refractivity contribution in [1.29, 1.82) is 10.8 Å². The van der Waals surface area contributed by atoms with Crippen molar-refractivity contribution < 1.29 is 0 Å². The van der Waals surface area contributed by atoms with Gasteiger partial charge in [0.25, 0.3) is 0 Å². The van der Waals surface area contributed by atoms with Gasteiger partial charge in [-0.25, -0.2) is 0 Å². The monoisotopic (exact) mass is 469 g/mol. The molecule has 0 bridgehead atoms. The van der Waals surface area contributed by atoms with E-state index in [1.807, 2.05) is 0 Å². The smallest absolute Gasteiger partial charge is 0.195 e. The summed E-state index contributed by atoms with van der Waals surface area (Å²) in [5.41, 5.74) is 7.91. The van der Waals surface area contributed by atoms with Gasteiger partial charge in [-0.15, -0.1) is 0 Å². The molecule has 0 radical (unpaired) electrons. The highest BCUT2D eigenvalue weighted by Crippen LogP contribution is 2.67. The molecule has 8 atom stereocenters. The van der Waals surface area contributed by atoms with Crippen LogP contribution in [-0.4, -0.2) is 18.0 Å². The van der Waals surface area contributed by atoms with Crippen molar-refractivity contribution in [3.05, 3.63) is 11.6 Å². The van der Waals surface area contributed by atoms with Gasteiger partial charge >= 0.3 is 0 Å². The van der Waals surface area contributed by atoms with E-state index in [2.05, 4.69) is 51.3 Å². The van der Waals surface area contributed by atoms with Gasteiger partial charge < -0.3 is 11.1 Å². The van der Waals surface area contributed by atoms with Gasteiger partial charge in [0, 0.05) is 6.04 Å². The molecular weight excluding hydrogens is 418 g/mol. The Morgan fingerprint density at radius 2 is 1.82 bits per heavy atom. The zero-order valence-electron chi connectivity index (χ0n) is 22.5. The summed E-state index contributed by atoms with van der Waals surface area (Å²) in [6.07, 6.45) is 17.2. The molecule has 192 valence electrons. The summed E-state index contributed by atoms with van der Waals surface area (Å²) in [5, 5.41) is 21.3. The zero-order chi connectivity index (χ0) is 24.7. The fourth-order valence-electron chi connectivity index (χ4n) is 9.18. The fourth-order valence-corrected chi connectivity index (χ4v) is 9.18. The number of nitrogens with two attached hydrogens (primary N) is 1. The third-order valence-corrected chi connectivity index (χ3v) is 10.9. The van der Waals surface area contributed by atoms with Crippen LogP contribution in [0.25, 0.3) is 0 Å². The maximum Gasteiger partial charge on any atom is 0.195 e. The molecular formula is C29H51N5. The first-order valence-corrected chi connectivity index (χ1v) is 14.2. The first-order valence-electron chi connectivity index (χ1n) is 14.2. The third-order valence-electron chi connectivity index (χ3n) is 10.9. The van der Waals surface area contributed by atoms with Crippen LogP contribution in [-0.2, 0) is 0 Å². The molecule has 0 aromatic heterocycles. The summed E-state index contributed by atoms with van der Waals surface area (Å²) < 4.78 is 0. The standard InChI is InChI=1S/C29H51N5/c1-18(2)7-6-8-19(3)23-11-12-24-22-10-9-20-17-21(33-27(32)34-26(30)31)13-15-28(20,4)25(22)14-16-29(23,24)5/h9,18-19,21-25H,6-8,10-17H2,1-5H3,(H6,30,31,32,33,34)/t19-,21?,22?,23-,24?,25?,28+,29-/m1/s1. The van der Waals surface area contributed by atoms with Gasteiger partial charge in [0.2, 0.25) is 0 Å². The van der Waals surface area contributed by atoms with Crippen molar-refractivity contribution in [3.8, 4) is 0 Å². The van der Waals surface area contributed by atoms with Gasteiger partial charge in [0.1, 0.15) is 0 Å². The van der Waals surface area contributed by atoms with Crippen LogP contribution in [0.1, 0.15) is 105 Å². The number of hydrogen-bond donors (Lipinski definition) is 5. The minimum atomic E-state index is -0.174. The lowest BCUT2D eigenvalue weighted by atomic mass is 9.47. The lowest BCUT2D eigenvalue weighted by molar-refractivity contribution is -0.0512. The van der Waals surface area contributed by atoms with Crippen molar-refractivity contribution >= 4 is 11.9 Å². The first kappa shape index (κ1) is 25.6. The summed E-state index contributed by atoms with van der Waals surface area (Å²) >= 11 is 0. The molecule has 4 rings (SSSR count). The number of allylic oxidation sites excluding steroid dienone is 1. The minimum Gasteiger partial charge on any atom is -0.370 e. The summed E-state index contributed by atoms with van der Waals surface area (Å²) in [4.78, 5) is 0. The average Bonchev–Trinajstić information content (AvgIpc) is 3.10. The van der Waals surface area contributed by atoms with Crippen LogP contribution in [0.3, 0.4) is 0 Å². The summed E-state index contributed by atoms with van der Waals surface area (Å²) in [5.74, 6) is 5.20. The molecule has 5 heteroatoms. The van der Waals surface area contributed by atoms with Crippen LogP contribution in [0.5, 0.6) is 0 Å². The normalized spacial score (nSPS) is 39.9. The van der Waals surface area contributed by atoms with Crippen LogP contribution < -0.4 is 16.4 Å². The molecule has 0 heterocycles. The van der Waals surface area contributed by atoms with Crippen LogP contribution in [0.4, 0.5) is 0 Å². The van der Waals surface area contributed by atoms with Crippen molar-refractivity contribution in [2.24, 2.45) is 52.1 Å². The molecule has 4 unspecified atom stereocenters. The SMILES string of the molecule is CC(C)CCC[C@@H](C)[C@H]1CCC2C3CC=C4CC(NC(=N)NC(=N)N)CC[C@]4(C)C3CC[C@@]21C. The van der Waals surface area contributed by atoms with Crippen LogP contribution in [0, 0.1) is 57.2 Å². The Labute approximate surface area is 208 Å². The second-order valence-electron chi connectivity index (χ2n) is 13.3. The van der Waals surface area contributed by atoms with E-state index in [0.29, 0.717) is 10.8 Å². The van der Waals surface area contributed by atoms with Gasteiger partial charge in [0.05, 0.1) is 0 Å². The maximum atomic E-state index is 8.04. The largest absolute Gasteiger partial charge is 0.370 e. The quantitative estimate of drug-likeness (QED) is 0.177. The van der Waals surface area contributed by atoms with Gasteiger partial charge in [-0.05, 0) is 97.7 Å². The van der Waals surface area contributed by atoms with Crippen LogP contribution in [0.2, 0.25) is 0 Å². The van der Waals surface area contributed by atoms with Crippen LogP contribution in [0.15, 0.2) is 11.6 Å². The van der Waals surface area contributed by atoms with E-state index in [9.17, 15) is 0 Å². The highest BCUT2D eigenvalue weighted by Gasteiger charge is 2.59. The lowest BCUT2D eigenvalue weighted by Crippen LogP contribution is -2.53. The van der Waals surface area contributed by atoms with E-state index in [-0.39, 0.29) is 18.0 Å². The van der Waals surface area contributed by atoms with Crippen molar-refractivity contribution in [3.63, 3.8) is 0 Å². The number of rotatable bonds is 6. The molecule has 0 amide bonds. The molecule has 0 aliphatic heterocycles. The third kappa shape index (κ3) is 4.78. The number of fused-ring (bicyclic) bond motifs is 5. The number of guanidine groups is 2. The summed E-state index contributed by atoms with van der Waals surface area (Å²) in [6.45, 7) is 12.5. The Morgan fingerprint density at radius 3 is 2.53 bits per heavy atom. The van der Waals surface area contributed by atoms with E-state index < -0.39 is 0 Å². The number of nitrogens with one attached hydrogen (secondary N) is 4. The fraction of sp³-hybridized carbons (Fsp3) is 0.862. The number of hydrogen-bond acceptors (Lipinski definition) is 2. The van der Waals surface area contributed by atoms with Crippen molar-refractivity contribution in [2.75, 3.05) is 0 Å². The maximum absolute atomic E-state index is 8.04. The molecule has 0 aromatic rings. The Hall–Kier alpha value is -1.52. The van der Waals surface area contributed by atoms with Gasteiger partial charge in [-0.2, -0.15) is 0 Å². The Kier molecular flexibility index (Phi) is 7.41. The molecule has 3 fully saturated rings. The van der Waals surface area contributed by atoms with E-state index in [1.54, 1.807) is 5.57 Å². The average molecular weight is 470 g/mol. The van der Waals surface area contributed by atoms with Crippen molar-refractivity contribution in [1.82, 2.24) is 10.6 Å². The molecule has 6 N–H and O–H groups in total. The molecule has 5 nitrogen and oxygen atoms in total. The van der Waals surface area contributed by atoms with E-state index in [1.165, 1.54) is 57.8 Å². The second-order valence-corrected chi connectivity index (χ2v) is 13.3. The van der Waals surface area contributed by atoms with Crippen molar-refractivity contribution in [2.45, 2.75) is 111 Å². The van der Waals surface area contributed by atoms with Gasteiger partial charge in [0.15, 0.2) is 11.9 Å². The minimum absolute atomic E-state index is 0.156. The van der Waals surface area contributed by atoms with E-state index >= 15 is 0 Å². The summed E-state index contributed by atoms with van der Waals surface area (Å²) in [7, 11) is 0. The lowest BCUT2D eigenvalue weighted by Gasteiger charge is -2.58. The molecule has 34 heavy (non-hydrogen) atoms. The molecule has 0 spiro atoms. The van der Waals surface area contributed by atoms with E-state index in [0.717, 1.165) is 48.3 Å². The predicted molar refractivity (Wildman–Crippen MR) is 143 cm³/mol. The Balaban J connectivity index is 1.43. The highest BCUT2D eigenvalue weighted by molar-refractivity contribution is 5.94. The summed E-state index contributed by atoms with van der Waals surface area (Å²) in [6, 6.07) is 0.270. The Bertz CT molecular complexity index is 802. The Morgan fingerprint density at radius 1 is 1.06 bits per heavy atom. The first-order chi connectivity index (χ1) is 16.0. The topological polar surface area (TPSA) is 97.8 Å². The highest BCUT2D eigenvalue weighted by atomic mass is 15.2. The molecule has 0 saturated heterocycles. The molecule has 4 aliphatic rings. The van der Waals surface area contributed by atoms with E-state index in [4.69, 9.17) is 16.6 Å².